The molecular formula is C19H17N5O4. The maximum atomic E-state index is 13.2. The van der Waals surface area contributed by atoms with Gasteiger partial charge in [-0.15, -0.1) is 0 Å². The molecule has 4 heterocycles. The highest BCUT2D eigenvalue weighted by Gasteiger charge is 2.59. The average molecular weight is 379 g/mol. The molecule has 9 heteroatoms. The van der Waals surface area contributed by atoms with Crippen molar-refractivity contribution in [3.63, 3.8) is 0 Å². The molecule has 1 fully saturated rings. The number of nitrogens with zero attached hydrogens (tertiary/aromatic N) is 3. The molecule has 3 aromatic rings. The van der Waals surface area contributed by atoms with Crippen LogP contribution >= 0.6 is 0 Å². The summed E-state index contributed by atoms with van der Waals surface area (Å²) >= 11 is 0. The first-order valence-electron chi connectivity index (χ1n) is 8.90. The minimum Gasteiger partial charge on any atom is -0.373 e. The maximum Gasteiger partial charge on any atom is 0.293 e. The van der Waals surface area contributed by atoms with Crippen LogP contribution < -0.4 is 10.9 Å². The van der Waals surface area contributed by atoms with E-state index in [0.29, 0.717) is 13.0 Å². The number of hydrogen-bond donors (Lipinski definition) is 2. The third kappa shape index (κ3) is 2.13. The van der Waals surface area contributed by atoms with Gasteiger partial charge < -0.3 is 14.7 Å². The molecule has 0 aliphatic carbocycles. The Morgan fingerprint density at radius 3 is 2.86 bits per heavy atom. The number of aryl methyl sites for hydroxylation is 1. The molecule has 0 saturated carbocycles. The number of likely N-dealkylation sites (tertiary alicyclic amines) is 1. The van der Waals surface area contributed by atoms with E-state index in [1.165, 1.54) is 0 Å². The van der Waals surface area contributed by atoms with Crippen molar-refractivity contribution in [2.75, 3.05) is 11.9 Å². The first kappa shape index (κ1) is 16.5. The van der Waals surface area contributed by atoms with Gasteiger partial charge in [-0.05, 0) is 18.1 Å². The van der Waals surface area contributed by atoms with E-state index in [2.05, 4.69) is 15.6 Å². The maximum absolute atomic E-state index is 13.2. The molecule has 1 aromatic carbocycles. The van der Waals surface area contributed by atoms with Crippen LogP contribution in [0.1, 0.15) is 34.1 Å². The van der Waals surface area contributed by atoms with Gasteiger partial charge in [0.2, 0.25) is 11.7 Å². The standard InChI is InChI=1S/C19H17N5O4/c1-23-10-11(9-20-23)16-19(12-4-2-3-5-13(12)21-18(19)27)6-7-24(16)17(26)14-8-15(25)22-28-14/h2-5,8-10,16H,6-7H2,1H3,(H,21,27)(H,22,25)/t16-,19+/m0/s1. The van der Waals surface area contributed by atoms with E-state index in [1.807, 2.05) is 24.3 Å². The van der Waals surface area contributed by atoms with Gasteiger partial charge in [-0.1, -0.05) is 18.2 Å². The van der Waals surface area contributed by atoms with Gasteiger partial charge in [-0.3, -0.25) is 19.1 Å². The number of nitrogens with one attached hydrogen (secondary N) is 2. The van der Waals surface area contributed by atoms with Crippen LogP contribution in [0.25, 0.3) is 0 Å². The van der Waals surface area contributed by atoms with E-state index >= 15 is 0 Å². The van der Waals surface area contributed by atoms with Crippen molar-refractivity contribution in [1.82, 2.24) is 19.8 Å². The number of benzene rings is 1. The smallest absolute Gasteiger partial charge is 0.293 e. The molecule has 2 aliphatic rings. The molecule has 5 rings (SSSR count). The third-order valence-corrected chi connectivity index (χ3v) is 5.62. The topological polar surface area (TPSA) is 113 Å². The minimum atomic E-state index is -0.925. The van der Waals surface area contributed by atoms with Crippen molar-refractivity contribution in [2.24, 2.45) is 7.05 Å². The third-order valence-electron chi connectivity index (χ3n) is 5.62. The largest absolute Gasteiger partial charge is 0.373 e. The lowest BCUT2D eigenvalue weighted by molar-refractivity contribution is -0.121. The Labute approximate surface area is 158 Å². The van der Waals surface area contributed by atoms with E-state index in [0.717, 1.165) is 22.9 Å². The van der Waals surface area contributed by atoms with Crippen LogP contribution in [0.15, 0.2) is 52.0 Å². The first-order valence-corrected chi connectivity index (χ1v) is 8.90. The predicted molar refractivity (Wildman–Crippen MR) is 97.7 cm³/mol. The van der Waals surface area contributed by atoms with Gasteiger partial charge in [0, 0.05) is 31.0 Å². The second-order valence-corrected chi connectivity index (χ2v) is 7.15. The van der Waals surface area contributed by atoms with Crippen LogP contribution in [0.4, 0.5) is 5.69 Å². The fourth-order valence-electron chi connectivity index (χ4n) is 4.48. The van der Waals surface area contributed by atoms with Crippen molar-refractivity contribution < 1.29 is 14.1 Å². The van der Waals surface area contributed by atoms with Crippen LogP contribution in [0.5, 0.6) is 0 Å². The molecule has 2 aromatic heterocycles. The van der Waals surface area contributed by atoms with Gasteiger partial charge in [0.1, 0.15) is 5.41 Å². The number of carbonyl (C=O) groups excluding carboxylic acids is 2. The average Bonchev–Trinajstić information content (AvgIpc) is 3.43. The summed E-state index contributed by atoms with van der Waals surface area (Å²) in [6.45, 7) is 0.342. The second-order valence-electron chi connectivity index (χ2n) is 7.15. The highest BCUT2D eigenvalue weighted by Crippen LogP contribution is 2.54. The van der Waals surface area contributed by atoms with Gasteiger partial charge in [-0.2, -0.15) is 10.3 Å². The molecule has 1 saturated heterocycles. The van der Waals surface area contributed by atoms with E-state index in [1.54, 1.807) is 29.0 Å². The van der Waals surface area contributed by atoms with E-state index < -0.39 is 22.9 Å². The van der Waals surface area contributed by atoms with Crippen molar-refractivity contribution in [1.29, 1.82) is 0 Å². The Hall–Kier alpha value is -3.62. The zero-order valence-electron chi connectivity index (χ0n) is 15.0. The SMILES string of the molecule is Cn1cc([C@@H]2N(C(=O)c3cc(=O)[nH]o3)CC[C@]23C(=O)Nc2ccccc23)cn1. The fraction of sp³-hybridized carbons (Fsp3) is 0.263. The fourth-order valence-corrected chi connectivity index (χ4v) is 4.48. The summed E-state index contributed by atoms with van der Waals surface area (Å²) in [4.78, 5) is 39.3. The van der Waals surface area contributed by atoms with Crippen molar-refractivity contribution in [3.8, 4) is 0 Å². The zero-order valence-corrected chi connectivity index (χ0v) is 15.0. The number of fused-ring (bicyclic) bond motifs is 2. The number of aromatic amines is 1. The molecule has 0 bridgehead atoms. The van der Waals surface area contributed by atoms with Crippen LogP contribution in [-0.4, -0.2) is 38.2 Å². The lowest BCUT2D eigenvalue weighted by atomic mass is 9.73. The molecule has 28 heavy (non-hydrogen) atoms. The van der Waals surface area contributed by atoms with Crippen LogP contribution in [0.3, 0.4) is 0 Å². The van der Waals surface area contributed by atoms with Gasteiger partial charge in [-0.25, -0.2) is 0 Å². The molecule has 2 atom stereocenters. The van der Waals surface area contributed by atoms with Crippen LogP contribution in [-0.2, 0) is 17.3 Å². The van der Waals surface area contributed by atoms with Gasteiger partial charge >= 0.3 is 0 Å². The highest BCUT2D eigenvalue weighted by atomic mass is 16.5. The number of amides is 2. The molecule has 2 aliphatic heterocycles. The molecule has 2 N–H and O–H groups in total. The number of hydrogen-bond acceptors (Lipinski definition) is 5. The Morgan fingerprint density at radius 1 is 1.32 bits per heavy atom. The van der Waals surface area contributed by atoms with Crippen molar-refractivity contribution in [3.05, 3.63) is 70.0 Å². The molecule has 142 valence electrons. The normalized spacial score (nSPS) is 23.2. The number of rotatable bonds is 2. The predicted octanol–water partition coefficient (Wildman–Crippen LogP) is 1.18. The van der Waals surface area contributed by atoms with Crippen LogP contribution in [0.2, 0.25) is 0 Å². The summed E-state index contributed by atoms with van der Waals surface area (Å²) in [5, 5.41) is 9.33. The number of H-pyrrole nitrogens is 1. The number of anilines is 1. The highest BCUT2D eigenvalue weighted by molar-refractivity contribution is 6.08. The van der Waals surface area contributed by atoms with E-state index in [9.17, 15) is 14.4 Å². The Balaban J connectivity index is 1.68. The Bertz CT molecular complexity index is 1160. The van der Waals surface area contributed by atoms with Gasteiger partial charge in [0.25, 0.3) is 11.5 Å². The Morgan fingerprint density at radius 2 is 2.14 bits per heavy atom. The van der Waals surface area contributed by atoms with E-state index in [4.69, 9.17) is 4.52 Å². The molecule has 0 unspecified atom stereocenters. The molecule has 2 amide bonds. The monoisotopic (exact) mass is 379 g/mol. The van der Waals surface area contributed by atoms with Crippen molar-refractivity contribution in [2.45, 2.75) is 17.9 Å². The lowest BCUT2D eigenvalue weighted by Crippen LogP contribution is -2.42. The lowest BCUT2D eigenvalue weighted by Gasteiger charge is -2.33. The summed E-state index contributed by atoms with van der Waals surface area (Å²) < 4.78 is 6.66. The van der Waals surface area contributed by atoms with Gasteiger partial charge in [0.05, 0.1) is 18.3 Å². The van der Waals surface area contributed by atoms with Crippen LogP contribution in [0, 0.1) is 0 Å². The minimum absolute atomic E-state index is 0.0809. The molecule has 9 nitrogen and oxygen atoms in total. The molecule has 1 spiro atoms. The summed E-state index contributed by atoms with van der Waals surface area (Å²) in [6.07, 6.45) is 3.93. The number of aromatic nitrogens is 3. The number of para-hydroxylation sites is 1. The van der Waals surface area contributed by atoms with E-state index in [-0.39, 0.29) is 11.7 Å². The summed E-state index contributed by atoms with van der Waals surface area (Å²) in [5.74, 6) is -0.669. The quantitative estimate of drug-likeness (QED) is 0.694. The van der Waals surface area contributed by atoms with Crippen molar-refractivity contribution >= 4 is 17.5 Å². The summed E-state index contributed by atoms with van der Waals surface area (Å²) in [7, 11) is 1.78. The summed E-state index contributed by atoms with van der Waals surface area (Å²) in [5.41, 5.74) is 0.951. The zero-order chi connectivity index (χ0) is 19.5. The van der Waals surface area contributed by atoms with Gasteiger partial charge in [0.15, 0.2) is 0 Å². The molecule has 0 radical (unpaired) electrons. The Kier molecular flexibility index (Phi) is 3.36. The first-order chi connectivity index (χ1) is 13.5. The summed E-state index contributed by atoms with van der Waals surface area (Å²) in [6, 6.07) is 8.08. The number of carbonyl (C=O) groups is 2. The second kappa shape index (κ2) is 5.69. The molecular weight excluding hydrogens is 362 g/mol.